The van der Waals surface area contributed by atoms with Crippen LogP contribution in [0, 0.1) is 0 Å². The first-order valence-electron chi connectivity index (χ1n) is 6.77. The van der Waals surface area contributed by atoms with E-state index in [0.29, 0.717) is 11.1 Å². The van der Waals surface area contributed by atoms with Gasteiger partial charge in [0.1, 0.15) is 0 Å². The van der Waals surface area contributed by atoms with E-state index in [1.165, 1.54) is 19.4 Å². The minimum atomic E-state index is -0.442. The van der Waals surface area contributed by atoms with Gasteiger partial charge in [0.2, 0.25) is 0 Å². The standard InChI is InChI=1S/C16H20O4Se/c1-13(20-12-11-15(17)19-2)7-6-10-16(18)21-14-8-4-3-5-9-14/h3-5,8-9,11-13H,6-7,10H2,1-2H3/b12-11+. The van der Waals surface area contributed by atoms with Gasteiger partial charge in [0.25, 0.3) is 0 Å². The van der Waals surface area contributed by atoms with Crippen molar-refractivity contribution in [2.45, 2.75) is 32.3 Å². The van der Waals surface area contributed by atoms with Gasteiger partial charge in [-0.2, -0.15) is 0 Å². The molecule has 0 spiro atoms. The second kappa shape index (κ2) is 10.2. The summed E-state index contributed by atoms with van der Waals surface area (Å²) in [6.07, 6.45) is 4.70. The Morgan fingerprint density at radius 3 is 2.67 bits per heavy atom. The molecule has 1 aromatic carbocycles. The Morgan fingerprint density at radius 2 is 2.00 bits per heavy atom. The van der Waals surface area contributed by atoms with Crippen LogP contribution in [0.15, 0.2) is 42.7 Å². The van der Waals surface area contributed by atoms with E-state index in [1.54, 1.807) is 0 Å². The number of ether oxygens (including phenoxy) is 2. The number of rotatable bonds is 9. The number of hydrogen-bond donors (Lipinski definition) is 0. The Labute approximate surface area is 131 Å². The summed E-state index contributed by atoms with van der Waals surface area (Å²) in [7, 11) is 1.32. The van der Waals surface area contributed by atoms with E-state index < -0.39 is 5.97 Å². The molecule has 4 nitrogen and oxygen atoms in total. The molecule has 0 aliphatic rings. The van der Waals surface area contributed by atoms with Gasteiger partial charge in [0, 0.05) is 0 Å². The van der Waals surface area contributed by atoms with Crippen LogP contribution in [0.4, 0.5) is 0 Å². The quantitative estimate of drug-likeness (QED) is 0.293. The molecule has 0 amide bonds. The summed E-state index contributed by atoms with van der Waals surface area (Å²) in [5.41, 5.74) is 0. The third kappa shape index (κ3) is 8.33. The van der Waals surface area contributed by atoms with Gasteiger partial charge < -0.3 is 0 Å². The predicted octanol–water partition coefficient (Wildman–Crippen LogP) is 1.80. The van der Waals surface area contributed by atoms with E-state index in [4.69, 9.17) is 4.74 Å². The van der Waals surface area contributed by atoms with E-state index >= 15 is 0 Å². The van der Waals surface area contributed by atoms with Crippen molar-refractivity contribution in [1.29, 1.82) is 0 Å². The zero-order valence-electron chi connectivity index (χ0n) is 12.3. The predicted molar refractivity (Wildman–Crippen MR) is 82.4 cm³/mol. The first kappa shape index (κ1) is 17.5. The van der Waals surface area contributed by atoms with Crippen LogP contribution in [0.2, 0.25) is 0 Å². The van der Waals surface area contributed by atoms with Gasteiger partial charge in [0.05, 0.1) is 0 Å². The van der Waals surface area contributed by atoms with Crippen molar-refractivity contribution in [1.82, 2.24) is 0 Å². The van der Waals surface area contributed by atoms with Crippen LogP contribution in [0.25, 0.3) is 0 Å². The number of benzene rings is 1. The van der Waals surface area contributed by atoms with Crippen molar-refractivity contribution < 1.29 is 19.1 Å². The van der Waals surface area contributed by atoms with Crippen molar-refractivity contribution >= 4 is 30.1 Å². The molecule has 0 aliphatic carbocycles. The van der Waals surface area contributed by atoms with Crippen LogP contribution >= 0.6 is 0 Å². The van der Waals surface area contributed by atoms with Gasteiger partial charge in [-0.1, -0.05) is 0 Å². The fraction of sp³-hybridized carbons (Fsp3) is 0.375. The van der Waals surface area contributed by atoms with Crippen LogP contribution < -0.4 is 4.46 Å². The molecule has 0 saturated heterocycles. The molecule has 0 fully saturated rings. The molecule has 0 heterocycles. The Kier molecular flexibility index (Phi) is 8.48. The molecule has 114 valence electrons. The molecule has 0 saturated carbocycles. The minimum absolute atomic E-state index is 0.0251. The Morgan fingerprint density at radius 1 is 1.29 bits per heavy atom. The second-order valence-corrected chi connectivity index (χ2v) is 6.82. The van der Waals surface area contributed by atoms with E-state index in [0.717, 1.165) is 17.3 Å². The molecule has 1 rings (SSSR count). The van der Waals surface area contributed by atoms with E-state index in [9.17, 15) is 9.59 Å². The molecule has 5 heteroatoms. The summed E-state index contributed by atoms with van der Waals surface area (Å²) in [5, 5.41) is 0. The summed E-state index contributed by atoms with van der Waals surface area (Å²) in [4.78, 5) is 22.7. The molecule has 1 aromatic rings. The molecule has 0 aliphatic heterocycles. The summed E-state index contributed by atoms with van der Waals surface area (Å²) < 4.78 is 11.2. The van der Waals surface area contributed by atoms with Gasteiger partial charge in [-0.05, 0) is 0 Å². The fourth-order valence-electron chi connectivity index (χ4n) is 1.57. The van der Waals surface area contributed by atoms with Gasteiger partial charge in [-0.25, -0.2) is 0 Å². The molecule has 0 bridgehead atoms. The summed E-state index contributed by atoms with van der Waals surface area (Å²) >= 11 is -0.101. The van der Waals surface area contributed by atoms with E-state index in [-0.39, 0.29) is 21.1 Å². The van der Waals surface area contributed by atoms with Gasteiger partial charge >= 0.3 is 131 Å². The topological polar surface area (TPSA) is 52.6 Å². The van der Waals surface area contributed by atoms with Crippen LogP contribution in [-0.4, -0.2) is 38.8 Å². The van der Waals surface area contributed by atoms with Gasteiger partial charge in [0.15, 0.2) is 0 Å². The van der Waals surface area contributed by atoms with Crippen molar-refractivity contribution in [3.05, 3.63) is 42.7 Å². The van der Waals surface area contributed by atoms with Crippen LogP contribution in [0.5, 0.6) is 0 Å². The first-order chi connectivity index (χ1) is 10.1. The Hall–Kier alpha value is -1.58. The average molecular weight is 355 g/mol. The molecule has 1 unspecified atom stereocenters. The number of methoxy groups -OCH3 is 1. The maximum absolute atomic E-state index is 11.8. The number of hydrogen-bond acceptors (Lipinski definition) is 4. The molecule has 0 radical (unpaired) electrons. The van der Waals surface area contributed by atoms with Crippen molar-refractivity contribution in [3.63, 3.8) is 0 Å². The van der Waals surface area contributed by atoms with E-state index in [1.807, 2.05) is 37.3 Å². The molecule has 21 heavy (non-hydrogen) atoms. The summed E-state index contributed by atoms with van der Waals surface area (Å²) in [5.74, 6) is -0.442. The monoisotopic (exact) mass is 356 g/mol. The van der Waals surface area contributed by atoms with E-state index in [2.05, 4.69) is 4.74 Å². The van der Waals surface area contributed by atoms with Crippen LogP contribution in [-0.2, 0) is 19.1 Å². The number of esters is 1. The normalized spacial score (nSPS) is 12.1. The molecule has 0 aromatic heterocycles. The molecular weight excluding hydrogens is 335 g/mol. The maximum atomic E-state index is 11.8. The van der Waals surface area contributed by atoms with Gasteiger partial charge in [-0.3, -0.25) is 0 Å². The zero-order valence-corrected chi connectivity index (χ0v) is 14.0. The number of carbonyl (C=O) groups excluding carboxylic acids is 2. The Bertz CT molecular complexity index is 470. The summed E-state index contributed by atoms with van der Waals surface area (Å²) in [6.45, 7) is 1.91. The third-order valence-corrected chi connectivity index (χ3v) is 4.65. The van der Waals surface area contributed by atoms with Gasteiger partial charge in [-0.15, -0.1) is 0 Å². The molecule has 1 atom stereocenters. The van der Waals surface area contributed by atoms with Crippen molar-refractivity contribution in [2.75, 3.05) is 7.11 Å². The molecule has 0 N–H and O–H groups in total. The number of carbonyl (C=O) groups is 2. The second-order valence-electron chi connectivity index (χ2n) is 4.45. The third-order valence-electron chi connectivity index (χ3n) is 2.68. The SMILES string of the molecule is COC(=O)/C=C/OC(C)CCCC(=O)[Se]c1ccccc1. The van der Waals surface area contributed by atoms with Crippen LogP contribution in [0.3, 0.4) is 0 Å². The summed E-state index contributed by atoms with van der Waals surface area (Å²) in [6, 6.07) is 9.83. The molecular formula is C16H20O4Se. The zero-order chi connectivity index (χ0) is 15.5. The van der Waals surface area contributed by atoms with Crippen LogP contribution in [0.1, 0.15) is 26.2 Å². The van der Waals surface area contributed by atoms with Crippen molar-refractivity contribution in [2.24, 2.45) is 0 Å². The van der Waals surface area contributed by atoms with Crippen molar-refractivity contribution in [3.8, 4) is 0 Å². The average Bonchev–Trinajstić information content (AvgIpc) is 2.48. The fourth-order valence-corrected chi connectivity index (χ4v) is 3.25. The first-order valence-corrected chi connectivity index (χ1v) is 8.49. The Balaban J connectivity index is 2.16.